The van der Waals surface area contributed by atoms with Gasteiger partial charge in [-0.25, -0.2) is 15.0 Å². The van der Waals surface area contributed by atoms with Crippen molar-refractivity contribution in [3.63, 3.8) is 0 Å². The molecule has 2 heterocycles. The molecule has 4 heteroatoms. The highest BCUT2D eigenvalue weighted by atomic mass is 32.1. The number of hydrogen-bond acceptors (Lipinski definition) is 4. The molecule has 0 bridgehead atoms. The lowest BCUT2D eigenvalue weighted by Crippen LogP contribution is -2.00. The van der Waals surface area contributed by atoms with Crippen LogP contribution in [0.1, 0.15) is 0 Å². The first-order chi connectivity index (χ1) is 25.3. The molecular weight excluding hydrogens is 639 g/mol. The SMILES string of the molecule is c1ccc(-c2cccc(-c3cccc4sc5c6cccc(-c7nc(-c8ccccc8)nc(-c8ccc9ccccc9c8)n7)c6ccc5c34)c2)cc1. The molecule has 10 rings (SSSR count). The summed E-state index contributed by atoms with van der Waals surface area (Å²) in [6.45, 7) is 0. The lowest BCUT2D eigenvalue weighted by Gasteiger charge is -2.11. The molecule has 0 radical (unpaired) electrons. The van der Waals surface area contributed by atoms with Crippen LogP contribution in [0.5, 0.6) is 0 Å². The lowest BCUT2D eigenvalue weighted by molar-refractivity contribution is 1.08. The number of rotatable bonds is 5. The zero-order valence-corrected chi connectivity index (χ0v) is 28.3. The highest BCUT2D eigenvalue weighted by molar-refractivity contribution is 7.26. The van der Waals surface area contributed by atoms with Gasteiger partial charge >= 0.3 is 0 Å². The quantitative estimate of drug-likeness (QED) is 0.183. The van der Waals surface area contributed by atoms with Crippen molar-refractivity contribution in [3.8, 4) is 56.4 Å². The van der Waals surface area contributed by atoms with Crippen LogP contribution in [0.15, 0.2) is 176 Å². The molecule has 0 amide bonds. The van der Waals surface area contributed by atoms with Gasteiger partial charge in [-0.05, 0) is 56.6 Å². The smallest absolute Gasteiger partial charge is 0.164 e. The minimum absolute atomic E-state index is 0.658. The Morgan fingerprint density at radius 1 is 0.333 bits per heavy atom. The van der Waals surface area contributed by atoms with E-state index in [9.17, 15) is 0 Å². The van der Waals surface area contributed by atoms with E-state index in [0.29, 0.717) is 17.5 Å². The van der Waals surface area contributed by atoms with Gasteiger partial charge in [0.2, 0.25) is 0 Å². The third kappa shape index (κ3) is 5.16. The van der Waals surface area contributed by atoms with Crippen molar-refractivity contribution in [2.24, 2.45) is 0 Å². The molecule has 8 aromatic carbocycles. The van der Waals surface area contributed by atoms with E-state index >= 15 is 0 Å². The van der Waals surface area contributed by atoms with E-state index in [2.05, 4.69) is 158 Å². The molecule has 51 heavy (non-hydrogen) atoms. The molecule has 0 unspecified atom stereocenters. The Kier molecular flexibility index (Phi) is 7.00. The standard InChI is InChI=1S/C47H29N3S/c1-3-12-30(13-4-1)34-18-9-19-35(28-34)37-20-11-23-42-43(37)41-27-26-38-39(44(41)51-42)21-10-22-40(38)47-49-45(32-15-5-2-6-16-32)48-46(50-47)36-25-24-31-14-7-8-17-33(31)29-36/h1-29H. The Bertz CT molecular complexity index is 2910. The molecule has 0 atom stereocenters. The maximum Gasteiger partial charge on any atom is 0.164 e. The average Bonchev–Trinajstić information content (AvgIpc) is 3.61. The summed E-state index contributed by atoms with van der Waals surface area (Å²) in [6, 6.07) is 62.2. The minimum Gasteiger partial charge on any atom is -0.208 e. The molecule has 2 aromatic heterocycles. The number of hydrogen-bond donors (Lipinski definition) is 0. The summed E-state index contributed by atoms with van der Waals surface area (Å²) in [7, 11) is 0. The topological polar surface area (TPSA) is 38.7 Å². The second-order valence-electron chi connectivity index (χ2n) is 12.8. The van der Waals surface area contributed by atoms with Crippen molar-refractivity contribution in [2.75, 3.05) is 0 Å². The third-order valence-corrected chi connectivity index (χ3v) is 10.9. The van der Waals surface area contributed by atoms with Crippen LogP contribution in [0.25, 0.3) is 98.1 Å². The van der Waals surface area contributed by atoms with Crippen molar-refractivity contribution in [1.29, 1.82) is 0 Å². The van der Waals surface area contributed by atoms with E-state index in [-0.39, 0.29) is 0 Å². The van der Waals surface area contributed by atoms with Crippen LogP contribution >= 0.6 is 11.3 Å². The predicted molar refractivity (Wildman–Crippen MR) is 215 cm³/mol. The highest BCUT2D eigenvalue weighted by Gasteiger charge is 2.18. The molecule has 10 aromatic rings. The van der Waals surface area contributed by atoms with E-state index in [4.69, 9.17) is 15.0 Å². The van der Waals surface area contributed by atoms with Crippen molar-refractivity contribution in [3.05, 3.63) is 176 Å². The molecular formula is C47H29N3S. The molecule has 3 nitrogen and oxygen atoms in total. The fourth-order valence-corrected chi connectivity index (χ4v) is 8.50. The van der Waals surface area contributed by atoms with Gasteiger partial charge in [0.1, 0.15) is 0 Å². The number of aromatic nitrogens is 3. The van der Waals surface area contributed by atoms with E-state index in [1.54, 1.807) is 0 Å². The number of thiophene rings is 1. The molecule has 0 N–H and O–H groups in total. The van der Waals surface area contributed by atoms with E-state index in [1.165, 1.54) is 53.2 Å². The van der Waals surface area contributed by atoms with Crippen LogP contribution in [0.4, 0.5) is 0 Å². The summed E-state index contributed by atoms with van der Waals surface area (Å²) in [5.41, 5.74) is 7.81. The first-order valence-electron chi connectivity index (χ1n) is 17.1. The normalized spacial score (nSPS) is 11.5. The number of benzene rings is 8. The van der Waals surface area contributed by atoms with E-state index in [0.717, 1.165) is 27.5 Å². The zero-order chi connectivity index (χ0) is 33.7. The van der Waals surface area contributed by atoms with Crippen LogP contribution in [-0.2, 0) is 0 Å². The second kappa shape index (κ2) is 12.1. The molecule has 0 saturated heterocycles. The Hall–Kier alpha value is -6.49. The van der Waals surface area contributed by atoms with Gasteiger partial charge in [0.25, 0.3) is 0 Å². The highest BCUT2D eigenvalue weighted by Crippen LogP contribution is 2.44. The average molecular weight is 668 g/mol. The van der Waals surface area contributed by atoms with Crippen molar-refractivity contribution in [1.82, 2.24) is 15.0 Å². The van der Waals surface area contributed by atoms with Crippen molar-refractivity contribution >= 4 is 53.1 Å². The molecule has 0 aliphatic rings. The molecule has 0 spiro atoms. The number of fused-ring (bicyclic) bond motifs is 6. The van der Waals surface area contributed by atoms with Gasteiger partial charge in [0, 0.05) is 42.2 Å². The second-order valence-corrected chi connectivity index (χ2v) is 13.9. The summed E-state index contributed by atoms with van der Waals surface area (Å²) in [5.74, 6) is 1.98. The largest absolute Gasteiger partial charge is 0.208 e. The predicted octanol–water partition coefficient (Wildman–Crippen LogP) is 12.9. The maximum atomic E-state index is 5.15. The molecule has 0 fully saturated rings. The lowest BCUT2D eigenvalue weighted by atomic mass is 9.95. The molecule has 238 valence electrons. The van der Waals surface area contributed by atoms with Gasteiger partial charge < -0.3 is 0 Å². The summed E-state index contributed by atoms with van der Waals surface area (Å²) in [4.78, 5) is 15.3. The minimum atomic E-state index is 0.658. The van der Waals surface area contributed by atoms with E-state index < -0.39 is 0 Å². The van der Waals surface area contributed by atoms with Crippen molar-refractivity contribution < 1.29 is 0 Å². The van der Waals surface area contributed by atoms with Gasteiger partial charge in [0.05, 0.1) is 0 Å². The van der Waals surface area contributed by atoms with Gasteiger partial charge in [-0.1, -0.05) is 158 Å². The summed E-state index contributed by atoms with van der Waals surface area (Å²) >= 11 is 1.85. The fourth-order valence-electron chi connectivity index (χ4n) is 7.24. The Labute approximate surface area is 299 Å². The fraction of sp³-hybridized carbons (Fsp3) is 0. The van der Waals surface area contributed by atoms with Gasteiger partial charge in [-0.3, -0.25) is 0 Å². The third-order valence-electron chi connectivity index (χ3n) is 9.72. The monoisotopic (exact) mass is 667 g/mol. The van der Waals surface area contributed by atoms with Gasteiger partial charge in [-0.15, -0.1) is 11.3 Å². The summed E-state index contributed by atoms with van der Waals surface area (Å²) in [6.07, 6.45) is 0. The number of nitrogens with zero attached hydrogens (tertiary/aromatic N) is 3. The van der Waals surface area contributed by atoms with Crippen LogP contribution in [0, 0.1) is 0 Å². The Morgan fingerprint density at radius 2 is 0.961 bits per heavy atom. The summed E-state index contributed by atoms with van der Waals surface area (Å²) < 4.78 is 2.54. The Balaban J connectivity index is 1.15. The molecule has 0 saturated carbocycles. The van der Waals surface area contributed by atoms with E-state index in [1.807, 2.05) is 29.5 Å². The first kappa shape index (κ1) is 29.4. The maximum absolute atomic E-state index is 5.15. The van der Waals surface area contributed by atoms with Gasteiger partial charge in [-0.2, -0.15) is 0 Å². The molecule has 0 aliphatic heterocycles. The Morgan fingerprint density at radius 3 is 1.80 bits per heavy atom. The van der Waals surface area contributed by atoms with Crippen LogP contribution in [-0.4, -0.2) is 15.0 Å². The molecule has 0 aliphatic carbocycles. The van der Waals surface area contributed by atoms with Crippen LogP contribution in [0.3, 0.4) is 0 Å². The van der Waals surface area contributed by atoms with Crippen molar-refractivity contribution in [2.45, 2.75) is 0 Å². The summed E-state index contributed by atoms with van der Waals surface area (Å²) in [5, 5.41) is 7.22. The zero-order valence-electron chi connectivity index (χ0n) is 27.5. The van der Waals surface area contributed by atoms with Gasteiger partial charge in [0.15, 0.2) is 17.5 Å². The first-order valence-corrected chi connectivity index (χ1v) is 17.9. The van der Waals surface area contributed by atoms with Crippen LogP contribution < -0.4 is 0 Å². The van der Waals surface area contributed by atoms with Crippen LogP contribution in [0.2, 0.25) is 0 Å².